The summed E-state index contributed by atoms with van der Waals surface area (Å²) in [4.78, 5) is 73.3. The molecule has 0 saturated heterocycles. The van der Waals surface area contributed by atoms with Crippen molar-refractivity contribution in [1.29, 1.82) is 10.5 Å². The summed E-state index contributed by atoms with van der Waals surface area (Å²) in [5.41, 5.74) is 1.21. The maximum Gasteiger partial charge on any atom is 0.322 e. The molecule has 0 N–H and O–H groups in total. The van der Waals surface area contributed by atoms with Crippen molar-refractivity contribution >= 4 is 35.8 Å². The Bertz CT molecular complexity index is 7040. The number of esters is 6. The van der Waals surface area contributed by atoms with E-state index in [1.807, 2.05) is 0 Å². The Balaban J connectivity index is 0.000000168. The molecule has 31 heteroatoms. The molecule has 0 aliphatic heterocycles. The maximum absolute atomic E-state index is 14.9. The number of nitriles is 2. The SMILES string of the molecule is N#Cc1c(F)cc(-c2c(F)cc(-c3ccc(OC(=O)CC(=O)Oc4ccc(-c5ccc(F)cc5)c(F)c4)cc3)cc2F)cc1F.N#Cc1c(F)cc(-c2ccc(-c3ccc(OC(=O)CC(=O)Oc4ccc(-c5ccc(F)cc5)c(F)c4)cc3)cc2F)cc1F.O=C(CC(=O)Oc1ccc(-c2ccc(F)c(F)c2)c(F)c1)Oc1ccc(-c2ccc(-c3ccc(F)c(F)c3)cc2)c(F)c1. The van der Waals surface area contributed by atoms with E-state index in [1.165, 1.54) is 182 Å². The third-order valence-corrected chi connectivity index (χ3v) is 19.3. The zero-order chi connectivity index (χ0) is 94.3. The molecule has 658 valence electrons. The summed E-state index contributed by atoms with van der Waals surface area (Å²) in [6.45, 7) is 0. The Kier molecular flexibility index (Phi) is 28.8. The van der Waals surface area contributed by atoms with E-state index in [2.05, 4.69) is 0 Å². The van der Waals surface area contributed by atoms with E-state index >= 15 is 0 Å². The quantitative estimate of drug-likeness (QED) is 0.0284. The molecular weight excluding hydrogens is 1760 g/mol. The summed E-state index contributed by atoms with van der Waals surface area (Å²) >= 11 is 0. The standard InChI is InChI=1S/C34H17F6NO4.C34H18F5NO4.C33H18F6O4/c35-22-5-1-19(2-6-22)25-10-9-24(15-29(25)38)45-33(43)16-32(42)44-23-7-3-18(4-8-23)20-11-30(39)34(31(40)12-20)21-13-27(36)26(17-41)28(37)14-21;35-23-6-1-20(2-7-23)26-12-10-25(16-32(26)39)44-34(42)17-33(41)43-24-8-3-19(4-9-24)21-5-11-27(29(36)13-21)22-14-30(37)28(18-40)31(38)15-22;34-26-11-5-20(13-30(26)38)18-1-3-19(4-2-18)24-9-7-22(15-28(24)36)42-32(40)17-33(41)43-23-8-10-25(29(37)16-23)21-6-12-27(35)31(39)14-21/h1-15H,16H2;1-16H,17H2;1-16H,17H2. The van der Waals surface area contributed by atoms with Gasteiger partial charge in [0, 0.05) is 52.1 Å². The van der Waals surface area contributed by atoms with Gasteiger partial charge in [0.2, 0.25) is 0 Å². The van der Waals surface area contributed by atoms with Crippen LogP contribution >= 0.6 is 0 Å². The molecule has 0 heterocycles. The zero-order valence-corrected chi connectivity index (χ0v) is 67.0. The van der Waals surface area contributed by atoms with Gasteiger partial charge >= 0.3 is 35.8 Å². The highest BCUT2D eigenvalue weighted by Crippen LogP contribution is 2.39. The van der Waals surface area contributed by atoms with E-state index < -0.39 is 176 Å². The molecular formula is C101H53F17N2O12. The highest BCUT2D eigenvalue weighted by Gasteiger charge is 2.25. The first-order valence-corrected chi connectivity index (χ1v) is 38.4. The monoisotopic (exact) mass is 1810 g/mol. The van der Waals surface area contributed by atoms with E-state index in [4.69, 9.17) is 38.9 Å². The summed E-state index contributed by atoms with van der Waals surface area (Å²) in [6, 6.07) is 60.2. The molecule has 0 fully saturated rings. The topological polar surface area (TPSA) is 205 Å². The van der Waals surface area contributed by atoms with Crippen molar-refractivity contribution in [2.24, 2.45) is 0 Å². The molecule has 0 saturated carbocycles. The van der Waals surface area contributed by atoms with E-state index in [0.717, 1.165) is 78.9 Å². The second-order valence-corrected chi connectivity index (χ2v) is 28.2. The molecule has 0 aliphatic rings. The van der Waals surface area contributed by atoms with Gasteiger partial charge in [-0.2, -0.15) is 10.5 Å². The third-order valence-electron chi connectivity index (χ3n) is 19.3. The summed E-state index contributed by atoms with van der Waals surface area (Å²) < 4.78 is 269. The van der Waals surface area contributed by atoms with Crippen molar-refractivity contribution < 1.29 is 132 Å². The van der Waals surface area contributed by atoms with Crippen molar-refractivity contribution in [3.63, 3.8) is 0 Å². The average molecular weight is 1810 g/mol. The Labute approximate surface area is 736 Å². The highest BCUT2D eigenvalue weighted by molar-refractivity contribution is 5.95. The number of rotatable bonds is 21. The minimum Gasteiger partial charge on any atom is -0.426 e. The molecule has 0 atom stereocenters. The minimum atomic E-state index is -1.26. The van der Waals surface area contributed by atoms with Gasteiger partial charge in [0.05, 0.1) is 5.56 Å². The lowest BCUT2D eigenvalue weighted by Gasteiger charge is -2.11. The van der Waals surface area contributed by atoms with Gasteiger partial charge in [0.15, 0.2) is 23.3 Å². The second kappa shape index (κ2) is 41.1. The largest absolute Gasteiger partial charge is 0.426 e. The van der Waals surface area contributed by atoms with Gasteiger partial charge in [-0.3, -0.25) is 28.8 Å². The highest BCUT2D eigenvalue weighted by atomic mass is 19.2. The number of carbonyl (C=O) groups excluding carboxylic acids is 6. The van der Waals surface area contributed by atoms with Crippen molar-refractivity contribution in [3.8, 4) is 147 Å². The van der Waals surface area contributed by atoms with Gasteiger partial charge in [-0.25, -0.2) is 74.6 Å². The van der Waals surface area contributed by atoms with Crippen LogP contribution in [0.3, 0.4) is 0 Å². The number of ether oxygens (including phenoxy) is 6. The molecule has 0 spiro atoms. The first kappa shape index (κ1) is 92.6. The van der Waals surface area contributed by atoms with Crippen LogP contribution < -0.4 is 28.4 Å². The second-order valence-electron chi connectivity index (χ2n) is 28.2. The zero-order valence-electron chi connectivity index (χ0n) is 67.0. The lowest BCUT2D eigenvalue weighted by atomic mass is 9.97. The van der Waals surface area contributed by atoms with Crippen LogP contribution in [0, 0.1) is 122 Å². The van der Waals surface area contributed by atoms with Crippen LogP contribution in [0.2, 0.25) is 0 Å². The first-order chi connectivity index (χ1) is 63.2. The van der Waals surface area contributed by atoms with Gasteiger partial charge in [0.25, 0.3) is 0 Å². The Hall–Kier alpha value is -17.1. The van der Waals surface area contributed by atoms with Gasteiger partial charge in [0.1, 0.15) is 153 Å². The first-order valence-electron chi connectivity index (χ1n) is 38.4. The Morgan fingerprint density at radius 2 is 0.409 bits per heavy atom. The van der Waals surface area contributed by atoms with Crippen molar-refractivity contribution in [3.05, 3.63) is 395 Å². The van der Waals surface area contributed by atoms with Crippen LogP contribution in [0.4, 0.5) is 74.6 Å². The summed E-state index contributed by atoms with van der Waals surface area (Å²) in [7, 11) is 0. The molecule has 0 aromatic heterocycles. The smallest absolute Gasteiger partial charge is 0.322 e. The molecule has 0 bridgehead atoms. The van der Waals surface area contributed by atoms with Crippen LogP contribution in [0.25, 0.3) is 100 Å². The Morgan fingerprint density at radius 3 is 0.735 bits per heavy atom. The summed E-state index contributed by atoms with van der Waals surface area (Å²) in [5, 5.41) is 17.6. The maximum atomic E-state index is 14.9. The molecule has 0 aliphatic carbocycles. The van der Waals surface area contributed by atoms with Crippen LogP contribution in [-0.2, 0) is 28.8 Å². The van der Waals surface area contributed by atoms with Crippen molar-refractivity contribution in [1.82, 2.24) is 0 Å². The fourth-order valence-corrected chi connectivity index (χ4v) is 13.0. The molecule has 132 heavy (non-hydrogen) atoms. The average Bonchev–Trinajstić information content (AvgIpc) is 0.739. The van der Waals surface area contributed by atoms with E-state index in [9.17, 15) is 103 Å². The van der Waals surface area contributed by atoms with Crippen molar-refractivity contribution in [2.75, 3.05) is 0 Å². The van der Waals surface area contributed by atoms with E-state index in [0.29, 0.717) is 56.6 Å². The van der Waals surface area contributed by atoms with Crippen molar-refractivity contribution in [2.45, 2.75) is 19.3 Å². The number of hydrogen-bond acceptors (Lipinski definition) is 14. The molecule has 15 rings (SSSR count). The minimum absolute atomic E-state index is 0.00709. The fraction of sp³-hybridized carbons (Fsp3) is 0.0297. The van der Waals surface area contributed by atoms with Gasteiger partial charge in [-0.1, -0.05) is 97.1 Å². The lowest BCUT2D eigenvalue weighted by molar-refractivity contribution is -0.146. The Morgan fingerprint density at radius 1 is 0.189 bits per heavy atom. The van der Waals surface area contributed by atoms with Gasteiger partial charge in [-0.05, 0) is 231 Å². The van der Waals surface area contributed by atoms with Crippen LogP contribution in [-0.4, -0.2) is 35.8 Å². The number of carbonyl (C=O) groups is 6. The predicted molar refractivity (Wildman–Crippen MR) is 444 cm³/mol. The van der Waals surface area contributed by atoms with E-state index in [-0.39, 0.29) is 79.0 Å². The molecule has 14 nitrogen and oxygen atoms in total. The fourth-order valence-electron chi connectivity index (χ4n) is 13.0. The van der Waals surface area contributed by atoms with Gasteiger partial charge in [-0.15, -0.1) is 0 Å². The lowest BCUT2D eigenvalue weighted by Crippen LogP contribution is -2.18. The molecule has 15 aromatic carbocycles. The summed E-state index contributed by atoms with van der Waals surface area (Å²) in [6.07, 6.45) is -2.47. The van der Waals surface area contributed by atoms with Gasteiger partial charge < -0.3 is 28.4 Å². The predicted octanol–water partition coefficient (Wildman–Crippen LogP) is 24.9. The normalized spacial score (nSPS) is 10.7. The number of hydrogen-bond donors (Lipinski definition) is 0. The molecule has 0 radical (unpaired) electrons. The number of benzene rings is 15. The molecule has 0 amide bonds. The van der Waals surface area contributed by atoms with Crippen LogP contribution in [0.15, 0.2) is 285 Å². The summed E-state index contributed by atoms with van der Waals surface area (Å²) in [5.74, 6) is -22.7. The van der Waals surface area contributed by atoms with Crippen LogP contribution in [0.1, 0.15) is 30.4 Å². The molecule has 0 unspecified atom stereocenters. The number of nitrogens with zero attached hydrogens (tertiary/aromatic N) is 2. The number of halogens is 17. The molecule has 15 aromatic rings. The van der Waals surface area contributed by atoms with E-state index in [1.54, 1.807) is 24.3 Å². The van der Waals surface area contributed by atoms with Crippen LogP contribution in [0.5, 0.6) is 34.5 Å². The third kappa shape index (κ3) is 23.0.